The lowest BCUT2D eigenvalue weighted by atomic mass is 9.95. The molecule has 1 aliphatic rings. The second-order valence-electron chi connectivity index (χ2n) is 6.82. The molecule has 7 nitrogen and oxygen atoms in total. The number of rotatable bonds is 6. The molecular weight excluding hydrogens is 372 g/mol. The van der Waals surface area contributed by atoms with Crippen LogP contribution in [0, 0.1) is 5.92 Å². The van der Waals surface area contributed by atoms with Crippen LogP contribution in [0.5, 0.6) is 17.2 Å². The molecule has 1 aliphatic heterocycles. The van der Waals surface area contributed by atoms with E-state index in [2.05, 4.69) is 5.32 Å². The van der Waals surface area contributed by atoms with E-state index in [4.69, 9.17) is 14.2 Å². The lowest BCUT2D eigenvalue weighted by molar-refractivity contribution is -0.121. The highest BCUT2D eigenvalue weighted by atomic mass is 16.5. The zero-order valence-corrected chi connectivity index (χ0v) is 16.9. The summed E-state index contributed by atoms with van der Waals surface area (Å²) in [6.45, 7) is 1.04. The molecule has 1 heterocycles. The molecule has 2 amide bonds. The maximum atomic E-state index is 12.8. The third kappa shape index (κ3) is 4.62. The number of carbonyl (C=O) groups excluding carboxylic acids is 2. The van der Waals surface area contributed by atoms with E-state index in [-0.39, 0.29) is 17.7 Å². The monoisotopic (exact) mass is 398 g/mol. The maximum absolute atomic E-state index is 12.8. The molecule has 1 saturated heterocycles. The summed E-state index contributed by atoms with van der Waals surface area (Å²) in [5.74, 6) is 1.44. The predicted molar refractivity (Wildman–Crippen MR) is 110 cm³/mol. The van der Waals surface area contributed by atoms with Gasteiger partial charge in [0.2, 0.25) is 5.91 Å². The molecular formula is C22H26N2O5. The molecule has 2 aromatic carbocycles. The Morgan fingerprint density at radius 1 is 0.931 bits per heavy atom. The summed E-state index contributed by atoms with van der Waals surface area (Å²) in [5.41, 5.74) is 1.11. The summed E-state index contributed by atoms with van der Waals surface area (Å²) in [6.07, 6.45) is 1.19. The van der Waals surface area contributed by atoms with Crippen LogP contribution in [0.4, 0.5) is 5.69 Å². The van der Waals surface area contributed by atoms with Crippen molar-refractivity contribution in [2.24, 2.45) is 5.92 Å². The smallest absolute Gasteiger partial charge is 0.257 e. The first-order valence-corrected chi connectivity index (χ1v) is 9.52. The fourth-order valence-corrected chi connectivity index (χ4v) is 3.48. The van der Waals surface area contributed by atoms with Crippen molar-refractivity contribution in [3.8, 4) is 17.2 Å². The normalized spacial score (nSPS) is 14.2. The molecule has 0 spiro atoms. The highest BCUT2D eigenvalue weighted by Crippen LogP contribution is 2.30. The van der Waals surface area contributed by atoms with E-state index in [0.717, 1.165) is 0 Å². The molecule has 0 unspecified atom stereocenters. The van der Waals surface area contributed by atoms with Gasteiger partial charge in [-0.1, -0.05) is 12.1 Å². The van der Waals surface area contributed by atoms with E-state index in [0.29, 0.717) is 54.4 Å². The minimum Gasteiger partial charge on any atom is -0.497 e. The van der Waals surface area contributed by atoms with Gasteiger partial charge in [0, 0.05) is 25.1 Å². The average Bonchev–Trinajstić information content (AvgIpc) is 2.78. The maximum Gasteiger partial charge on any atom is 0.257 e. The third-order valence-corrected chi connectivity index (χ3v) is 5.15. The minimum atomic E-state index is -0.173. The average molecular weight is 398 g/mol. The molecule has 29 heavy (non-hydrogen) atoms. The number of methoxy groups -OCH3 is 3. The number of carbonyl (C=O) groups is 2. The molecule has 154 valence electrons. The molecule has 3 rings (SSSR count). The van der Waals surface area contributed by atoms with Crippen LogP contribution in [0.1, 0.15) is 23.2 Å². The van der Waals surface area contributed by atoms with Crippen molar-refractivity contribution in [2.75, 3.05) is 39.7 Å². The van der Waals surface area contributed by atoms with Gasteiger partial charge >= 0.3 is 0 Å². The van der Waals surface area contributed by atoms with Gasteiger partial charge in [-0.3, -0.25) is 9.59 Å². The van der Waals surface area contributed by atoms with Gasteiger partial charge in [0.1, 0.15) is 17.2 Å². The third-order valence-electron chi connectivity index (χ3n) is 5.15. The lowest BCUT2D eigenvalue weighted by Gasteiger charge is -2.31. The van der Waals surface area contributed by atoms with Crippen molar-refractivity contribution >= 4 is 17.5 Å². The fraction of sp³-hybridized carbons (Fsp3) is 0.364. The van der Waals surface area contributed by atoms with Gasteiger partial charge in [-0.05, 0) is 37.1 Å². The summed E-state index contributed by atoms with van der Waals surface area (Å²) < 4.78 is 15.8. The Morgan fingerprint density at radius 2 is 1.62 bits per heavy atom. The van der Waals surface area contributed by atoms with Gasteiger partial charge in [0.05, 0.1) is 32.6 Å². The Labute approximate surface area is 170 Å². The number of amides is 2. The second kappa shape index (κ2) is 9.32. The zero-order chi connectivity index (χ0) is 20.8. The molecule has 0 aromatic heterocycles. The number of nitrogens with one attached hydrogen (secondary N) is 1. The van der Waals surface area contributed by atoms with Crippen LogP contribution in [-0.2, 0) is 4.79 Å². The number of anilines is 1. The Kier molecular flexibility index (Phi) is 6.59. The van der Waals surface area contributed by atoms with E-state index in [1.165, 1.54) is 0 Å². The Balaban J connectivity index is 1.62. The number of hydrogen-bond donors (Lipinski definition) is 1. The molecule has 0 bridgehead atoms. The largest absolute Gasteiger partial charge is 0.497 e. The number of likely N-dealkylation sites (tertiary alicyclic amines) is 1. The Hall–Kier alpha value is -3.22. The van der Waals surface area contributed by atoms with Crippen LogP contribution in [0.15, 0.2) is 42.5 Å². The number of nitrogens with zero attached hydrogens (tertiary/aromatic N) is 1. The van der Waals surface area contributed by atoms with Crippen LogP contribution in [-0.4, -0.2) is 51.1 Å². The summed E-state index contributed by atoms with van der Waals surface area (Å²) in [4.78, 5) is 27.3. The molecule has 1 fully saturated rings. The van der Waals surface area contributed by atoms with E-state index in [1.807, 2.05) is 12.1 Å². The number of hydrogen-bond acceptors (Lipinski definition) is 5. The molecule has 7 heteroatoms. The highest BCUT2D eigenvalue weighted by Gasteiger charge is 2.29. The number of piperidine rings is 1. The fourth-order valence-electron chi connectivity index (χ4n) is 3.48. The molecule has 0 atom stereocenters. The minimum absolute atomic E-state index is 0.0734. The highest BCUT2D eigenvalue weighted by molar-refractivity contribution is 5.97. The topological polar surface area (TPSA) is 77.1 Å². The second-order valence-corrected chi connectivity index (χ2v) is 6.82. The van der Waals surface area contributed by atoms with Gasteiger partial charge < -0.3 is 24.4 Å². The molecule has 0 radical (unpaired) electrons. The van der Waals surface area contributed by atoms with Gasteiger partial charge in [0.15, 0.2) is 0 Å². The molecule has 2 aromatic rings. The van der Waals surface area contributed by atoms with Crippen molar-refractivity contribution < 1.29 is 23.8 Å². The number of benzene rings is 2. The number of ether oxygens (including phenoxy) is 3. The first-order valence-electron chi connectivity index (χ1n) is 9.52. The summed E-state index contributed by atoms with van der Waals surface area (Å²) in [7, 11) is 4.68. The number of para-hydroxylation sites is 1. The van der Waals surface area contributed by atoms with Gasteiger partial charge in [-0.2, -0.15) is 0 Å². The van der Waals surface area contributed by atoms with Crippen molar-refractivity contribution in [1.82, 2.24) is 4.90 Å². The standard InChI is InChI=1S/C22H26N2O5/c1-27-16-8-9-20(29-3)18(14-16)23-21(25)15-10-12-24(13-11-15)22(26)17-6-4-5-7-19(17)28-2/h4-9,14-15H,10-13H2,1-3H3,(H,23,25). The van der Waals surface area contributed by atoms with Crippen LogP contribution in [0.25, 0.3) is 0 Å². The van der Waals surface area contributed by atoms with E-state index in [1.54, 1.807) is 56.6 Å². The first kappa shape index (κ1) is 20.5. The van der Waals surface area contributed by atoms with E-state index < -0.39 is 0 Å². The van der Waals surface area contributed by atoms with Crippen LogP contribution in [0.3, 0.4) is 0 Å². The quantitative estimate of drug-likeness (QED) is 0.809. The van der Waals surface area contributed by atoms with Crippen LogP contribution in [0.2, 0.25) is 0 Å². The van der Waals surface area contributed by atoms with Crippen LogP contribution >= 0.6 is 0 Å². The molecule has 1 N–H and O–H groups in total. The van der Waals surface area contributed by atoms with E-state index >= 15 is 0 Å². The van der Waals surface area contributed by atoms with Gasteiger partial charge in [0.25, 0.3) is 5.91 Å². The van der Waals surface area contributed by atoms with Gasteiger partial charge in [-0.25, -0.2) is 0 Å². The SMILES string of the molecule is COc1ccc(OC)c(NC(=O)C2CCN(C(=O)c3ccccc3OC)CC2)c1. The summed E-state index contributed by atoms with van der Waals surface area (Å²) >= 11 is 0. The van der Waals surface area contributed by atoms with Gasteiger partial charge in [-0.15, -0.1) is 0 Å². The summed E-state index contributed by atoms with van der Waals surface area (Å²) in [5, 5.41) is 2.93. The van der Waals surface area contributed by atoms with E-state index in [9.17, 15) is 9.59 Å². The van der Waals surface area contributed by atoms with Crippen molar-refractivity contribution in [3.63, 3.8) is 0 Å². The lowest BCUT2D eigenvalue weighted by Crippen LogP contribution is -2.41. The van der Waals surface area contributed by atoms with Crippen molar-refractivity contribution in [1.29, 1.82) is 0 Å². The predicted octanol–water partition coefficient (Wildman–Crippen LogP) is 3.20. The first-order chi connectivity index (χ1) is 14.1. The van der Waals surface area contributed by atoms with Crippen molar-refractivity contribution in [2.45, 2.75) is 12.8 Å². The Morgan fingerprint density at radius 3 is 2.28 bits per heavy atom. The van der Waals surface area contributed by atoms with Crippen molar-refractivity contribution in [3.05, 3.63) is 48.0 Å². The molecule has 0 aliphatic carbocycles. The van der Waals surface area contributed by atoms with Crippen LogP contribution < -0.4 is 19.5 Å². The summed E-state index contributed by atoms with van der Waals surface area (Å²) in [6, 6.07) is 12.4. The zero-order valence-electron chi connectivity index (χ0n) is 16.9. The molecule has 0 saturated carbocycles. The Bertz CT molecular complexity index is 875.